The lowest BCUT2D eigenvalue weighted by Crippen LogP contribution is -2.20. The topological polar surface area (TPSA) is 42.7 Å². The fourth-order valence-corrected chi connectivity index (χ4v) is 3.05. The molecule has 1 N–H and O–H groups in total. The Bertz CT molecular complexity index is 464. The largest absolute Gasteiger partial charge is 0.312 e. The molecule has 0 bridgehead atoms. The third-order valence-electron chi connectivity index (χ3n) is 3.28. The molecule has 2 aromatic heterocycles. The van der Waals surface area contributed by atoms with Gasteiger partial charge in [-0.3, -0.25) is 0 Å². The van der Waals surface area contributed by atoms with E-state index in [1.165, 1.54) is 17.0 Å². The Morgan fingerprint density at radius 1 is 1.47 bits per heavy atom. The van der Waals surface area contributed by atoms with Crippen LogP contribution in [0.5, 0.6) is 0 Å². The van der Waals surface area contributed by atoms with Gasteiger partial charge in [0.05, 0.1) is 17.9 Å². The van der Waals surface area contributed by atoms with Crippen molar-refractivity contribution in [3.63, 3.8) is 0 Å². The molecule has 0 saturated heterocycles. The van der Waals surface area contributed by atoms with Crippen molar-refractivity contribution < 1.29 is 0 Å². The summed E-state index contributed by atoms with van der Waals surface area (Å²) in [6.07, 6.45) is 6.43. The minimum Gasteiger partial charge on any atom is -0.312 e. The summed E-state index contributed by atoms with van der Waals surface area (Å²) < 4.78 is 2.02. The third kappa shape index (κ3) is 3.88. The van der Waals surface area contributed by atoms with Crippen LogP contribution in [0.1, 0.15) is 42.8 Å². The van der Waals surface area contributed by atoms with Gasteiger partial charge in [-0.05, 0) is 44.2 Å². The maximum atomic E-state index is 4.16. The summed E-state index contributed by atoms with van der Waals surface area (Å²) in [4.78, 5) is 1.47. The van der Waals surface area contributed by atoms with E-state index in [0.29, 0.717) is 6.04 Å². The molecule has 0 saturated carbocycles. The fourth-order valence-electron chi connectivity index (χ4n) is 2.30. The van der Waals surface area contributed by atoms with Crippen molar-refractivity contribution in [1.82, 2.24) is 20.3 Å². The van der Waals surface area contributed by atoms with Crippen molar-refractivity contribution in [3.8, 4) is 0 Å². The van der Waals surface area contributed by atoms with Crippen LogP contribution in [0, 0.1) is 0 Å². The second-order valence-electron chi connectivity index (χ2n) is 4.69. The first-order valence-electron chi connectivity index (χ1n) is 6.93. The molecule has 1 unspecified atom stereocenters. The van der Waals surface area contributed by atoms with Crippen LogP contribution < -0.4 is 5.32 Å². The Kier molecular flexibility index (Phi) is 5.54. The first-order valence-corrected chi connectivity index (χ1v) is 7.81. The quantitative estimate of drug-likeness (QED) is 0.807. The van der Waals surface area contributed by atoms with Crippen molar-refractivity contribution >= 4 is 11.3 Å². The van der Waals surface area contributed by atoms with Gasteiger partial charge in [-0.25, -0.2) is 4.68 Å². The zero-order valence-electron chi connectivity index (χ0n) is 11.7. The van der Waals surface area contributed by atoms with Crippen LogP contribution in [0.2, 0.25) is 0 Å². The Balaban J connectivity index is 1.90. The van der Waals surface area contributed by atoms with E-state index in [4.69, 9.17) is 0 Å². The highest BCUT2D eigenvalue weighted by molar-refractivity contribution is 7.09. The molecule has 4 nitrogen and oxygen atoms in total. The fraction of sp³-hybridized carbons (Fsp3) is 0.571. The molecule has 0 fully saturated rings. The van der Waals surface area contributed by atoms with Gasteiger partial charge in [0, 0.05) is 11.4 Å². The number of aromatic nitrogens is 3. The number of nitrogens with one attached hydrogen (secondary N) is 1. The summed E-state index contributed by atoms with van der Waals surface area (Å²) in [6.45, 7) is 3.11. The molecule has 0 aliphatic carbocycles. The maximum Gasteiger partial charge on any atom is 0.0756 e. The van der Waals surface area contributed by atoms with Gasteiger partial charge in [0.25, 0.3) is 0 Å². The second-order valence-corrected chi connectivity index (χ2v) is 5.73. The molecule has 0 radical (unpaired) electrons. The molecule has 0 spiro atoms. The van der Waals surface area contributed by atoms with Crippen LogP contribution in [0.4, 0.5) is 0 Å². The number of rotatable bonds is 8. The van der Waals surface area contributed by atoms with Crippen LogP contribution in [-0.2, 0) is 13.0 Å². The van der Waals surface area contributed by atoms with Gasteiger partial charge >= 0.3 is 0 Å². The average Bonchev–Trinajstić information content (AvgIpc) is 3.07. The molecule has 2 heterocycles. The van der Waals surface area contributed by atoms with Crippen molar-refractivity contribution in [2.75, 3.05) is 7.05 Å². The molecular weight excluding hydrogens is 256 g/mol. The molecule has 0 aliphatic heterocycles. The number of hydrogen-bond donors (Lipinski definition) is 1. The molecule has 2 rings (SSSR count). The van der Waals surface area contributed by atoms with E-state index in [0.717, 1.165) is 25.8 Å². The van der Waals surface area contributed by atoms with Gasteiger partial charge in [-0.15, -0.1) is 16.4 Å². The Labute approximate surface area is 118 Å². The van der Waals surface area contributed by atoms with Crippen LogP contribution in [0.15, 0.2) is 23.7 Å². The summed E-state index contributed by atoms with van der Waals surface area (Å²) in [7, 11) is 2.01. The zero-order chi connectivity index (χ0) is 13.5. The summed E-state index contributed by atoms with van der Waals surface area (Å²) in [6, 6.07) is 4.68. The van der Waals surface area contributed by atoms with Crippen molar-refractivity contribution in [2.45, 2.75) is 45.2 Å². The smallest absolute Gasteiger partial charge is 0.0756 e. The summed E-state index contributed by atoms with van der Waals surface area (Å²) >= 11 is 1.84. The van der Waals surface area contributed by atoms with Crippen molar-refractivity contribution in [1.29, 1.82) is 0 Å². The lowest BCUT2D eigenvalue weighted by molar-refractivity contribution is 0.463. The van der Waals surface area contributed by atoms with E-state index in [1.54, 1.807) is 0 Å². The van der Waals surface area contributed by atoms with Crippen LogP contribution in [-0.4, -0.2) is 22.0 Å². The number of nitrogens with zero attached hydrogens (tertiary/aromatic N) is 3. The first-order chi connectivity index (χ1) is 9.35. The molecule has 1 atom stereocenters. The maximum absolute atomic E-state index is 4.16. The summed E-state index contributed by atoms with van der Waals surface area (Å²) in [5.41, 5.74) is 1.20. The lowest BCUT2D eigenvalue weighted by atomic mass is 10.1. The number of hydrogen-bond acceptors (Lipinski definition) is 4. The molecule has 0 aliphatic rings. The van der Waals surface area contributed by atoms with E-state index in [2.05, 4.69) is 40.1 Å². The van der Waals surface area contributed by atoms with E-state index >= 15 is 0 Å². The third-order valence-corrected chi connectivity index (χ3v) is 4.22. The number of aryl methyl sites for hydroxylation is 2. The van der Waals surface area contributed by atoms with E-state index < -0.39 is 0 Å². The normalized spacial score (nSPS) is 12.7. The van der Waals surface area contributed by atoms with Gasteiger partial charge in [0.2, 0.25) is 0 Å². The van der Waals surface area contributed by atoms with Gasteiger partial charge in [-0.1, -0.05) is 18.2 Å². The highest BCUT2D eigenvalue weighted by Crippen LogP contribution is 2.20. The van der Waals surface area contributed by atoms with E-state index in [-0.39, 0.29) is 0 Å². The number of thiophene rings is 1. The van der Waals surface area contributed by atoms with Gasteiger partial charge in [0.1, 0.15) is 0 Å². The Morgan fingerprint density at radius 3 is 3.05 bits per heavy atom. The van der Waals surface area contributed by atoms with Gasteiger partial charge < -0.3 is 5.32 Å². The summed E-state index contributed by atoms with van der Waals surface area (Å²) in [5, 5.41) is 13.7. The molecule has 5 heteroatoms. The highest BCUT2D eigenvalue weighted by Gasteiger charge is 2.14. The Hall–Kier alpha value is -1.20. The molecule has 104 valence electrons. The minimum absolute atomic E-state index is 0.349. The standard InChI is InChI=1S/C14H22N4S/c1-3-9-18-14(11-16-17-18)13(15-2)8-4-6-12-7-5-10-19-12/h5,7,10-11,13,15H,3-4,6,8-9H2,1-2H3. The minimum atomic E-state index is 0.349. The SMILES string of the molecule is CCCn1nncc1C(CCCc1cccs1)NC. The molecular formula is C14H22N4S. The van der Waals surface area contributed by atoms with Gasteiger partial charge in [-0.2, -0.15) is 0 Å². The van der Waals surface area contributed by atoms with Gasteiger partial charge in [0.15, 0.2) is 0 Å². The lowest BCUT2D eigenvalue weighted by Gasteiger charge is -2.16. The molecule has 0 amide bonds. The van der Waals surface area contributed by atoms with E-state index in [1.807, 2.05) is 29.3 Å². The van der Waals surface area contributed by atoms with Crippen molar-refractivity contribution in [3.05, 3.63) is 34.3 Å². The summed E-state index contributed by atoms with van der Waals surface area (Å²) in [5.74, 6) is 0. The first kappa shape index (κ1) is 14.2. The zero-order valence-corrected chi connectivity index (χ0v) is 12.5. The molecule has 0 aromatic carbocycles. The van der Waals surface area contributed by atoms with Crippen molar-refractivity contribution in [2.24, 2.45) is 0 Å². The van der Waals surface area contributed by atoms with Crippen LogP contribution in [0.3, 0.4) is 0 Å². The van der Waals surface area contributed by atoms with Crippen LogP contribution in [0.25, 0.3) is 0 Å². The highest BCUT2D eigenvalue weighted by atomic mass is 32.1. The Morgan fingerprint density at radius 2 is 2.37 bits per heavy atom. The molecule has 2 aromatic rings. The second kappa shape index (κ2) is 7.40. The average molecular weight is 278 g/mol. The van der Waals surface area contributed by atoms with E-state index in [9.17, 15) is 0 Å². The molecule has 19 heavy (non-hydrogen) atoms. The van der Waals surface area contributed by atoms with Crippen LogP contribution >= 0.6 is 11.3 Å². The predicted octanol–water partition coefficient (Wildman–Crippen LogP) is 3.03. The predicted molar refractivity (Wildman–Crippen MR) is 79.4 cm³/mol. The monoisotopic (exact) mass is 278 g/mol.